The Morgan fingerprint density at radius 2 is 1.96 bits per heavy atom. The molecule has 2 heterocycles. The number of fused-ring (bicyclic) bond motifs is 1. The van der Waals surface area contributed by atoms with Crippen molar-refractivity contribution in [2.75, 3.05) is 0 Å². The summed E-state index contributed by atoms with van der Waals surface area (Å²) in [5.74, 6) is -1.38. The number of rotatable bonds is 6. The van der Waals surface area contributed by atoms with Crippen molar-refractivity contribution in [3.8, 4) is 0 Å². The summed E-state index contributed by atoms with van der Waals surface area (Å²) in [7, 11) is 0. The molecule has 0 aliphatic rings. The van der Waals surface area contributed by atoms with Gasteiger partial charge in [-0.3, -0.25) is 4.79 Å². The van der Waals surface area contributed by atoms with Crippen molar-refractivity contribution in [1.29, 1.82) is 0 Å². The van der Waals surface area contributed by atoms with Crippen LogP contribution in [0.3, 0.4) is 0 Å². The van der Waals surface area contributed by atoms with Gasteiger partial charge in [-0.2, -0.15) is 5.10 Å². The minimum Gasteiger partial charge on any atom is -0.478 e. The number of nitrogens with one attached hydrogen (secondary N) is 1. The average Bonchev–Trinajstić information content (AvgIpc) is 3.07. The number of carboxylic acids is 1. The van der Waals surface area contributed by atoms with Crippen molar-refractivity contribution in [3.05, 3.63) is 58.9 Å². The Balaban J connectivity index is 1.81. The highest BCUT2D eigenvalue weighted by molar-refractivity contribution is 5.97. The number of hydrogen-bond donors (Lipinski definition) is 2. The molecule has 0 aliphatic heterocycles. The third-order valence-corrected chi connectivity index (χ3v) is 4.23. The summed E-state index contributed by atoms with van der Waals surface area (Å²) in [5, 5.41) is 17.1. The summed E-state index contributed by atoms with van der Waals surface area (Å²) < 4.78 is 1.84. The number of nitrogens with zero attached hydrogens (tertiary/aromatic N) is 3. The maximum absolute atomic E-state index is 12.4. The highest BCUT2D eigenvalue weighted by atomic mass is 16.4. The molecule has 0 atom stereocenters. The van der Waals surface area contributed by atoms with Crippen LogP contribution in [0.5, 0.6) is 0 Å². The highest BCUT2D eigenvalue weighted by Crippen LogP contribution is 2.17. The van der Waals surface area contributed by atoms with Crippen LogP contribution in [0.25, 0.3) is 11.0 Å². The quantitative estimate of drug-likeness (QED) is 0.711. The molecule has 0 saturated heterocycles. The van der Waals surface area contributed by atoms with E-state index >= 15 is 0 Å². The average molecular weight is 352 g/mol. The molecule has 134 valence electrons. The van der Waals surface area contributed by atoms with Crippen molar-refractivity contribution in [2.24, 2.45) is 0 Å². The molecule has 0 saturated carbocycles. The van der Waals surface area contributed by atoms with Gasteiger partial charge in [0.15, 0.2) is 5.65 Å². The van der Waals surface area contributed by atoms with Gasteiger partial charge in [-0.25, -0.2) is 14.5 Å². The van der Waals surface area contributed by atoms with Crippen LogP contribution >= 0.6 is 0 Å². The summed E-state index contributed by atoms with van der Waals surface area (Å²) >= 11 is 0. The number of aryl methyl sites for hydroxylation is 2. The molecule has 7 heteroatoms. The maximum atomic E-state index is 12.4. The molecule has 26 heavy (non-hydrogen) atoms. The number of benzene rings is 1. The molecule has 0 radical (unpaired) electrons. The maximum Gasteiger partial charge on any atom is 0.335 e. The Kier molecular flexibility index (Phi) is 4.97. The van der Waals surface area contributed by atoms with Gasteiger partial charge in [0.25, 0.3) is 5.91 Å². The minimum absolute atomic E-state index is 0.0852. The smallest absolute Gasteiger partial charge is 0.335 e. The van der Waals surface area contributed by atoms with Crippen LogP contribution in [0.1, 0.15) is 45.8 Å². The zero-order valence-electron chi connectivity index (χ0n) is 14.7. The monoisotopic (exact) mass is 352 g/mol. The first-order valence-electron chi connectivity index (χ1n) is 8.49. The molecule has 0 unspecified atom stereocenters. The first-order valence-corrected chi connectivity index (χ1v) is 8.49. The molecule has 0 aliphatic carbocycles. The Labute approximate surface area is 150 Å². The summed E-state index contributed by atoms with van der Waals surface area (Å²) in [6.07, 6.45) is 2.51. The molecule has 2 aromatic heterocycles. The number of aromatic carboxylic acids is 1. The second-order valence-corrected chi connectivity index (χ2v) is 5.89. The number of hydrogen-bond acceptors (Lipinski definition) is 4. The first kappa shape index (κ1) is 17.6. The van der Waals surface area contributed by atoms with Gasteiger partial charge >= 0.3 is 5.97 Å². The molecule has 0 spiro atoms. The van der Waals surface area contributed by atoms with Gasteiger partial charge in [-0.05, 0) is 43.2 Å². The van der Waals surface area contributed by atoms with Gasteiger partial charge in [0.2, 0.25) is 0 Å². The highest BCUT2D eigenvalue weighted by Gasteiger charge is 2.13. The molecule has 3 aromatic rings. The van der Waals surface area contributed by atoms with E-state index in [2.05, 4.69) is 15.4 Å². The van der Waals surface area contributed by atoms with Crippen LogP contribution in [-0.4, -0.2) is 31.7 Å². The largest absolute Gasteiger partial charge is 0.478 e. The van der Waals surface area contributed by atoms with Crippen LogP contribution in [0.4, 0.5) is 0 Å². The van der Waals surface area contributed by atoms with E-state index < -0.39 is 5.97 Å². The number of carbonyl (C=O) groups is 2. The summed E-state index contributed by atoms with van der Waals surface area (Å²) in [6.45, 7) is 5.09. The molecule has 3 rings (SSSR count). The lowest BCUT2D eigenvalue weighted by Gasteiger charge is -2.10. The Morgan fingerprint density at radius 3 is 2.65 bits per heavy atom. The molecular formula is C19H20N4O3. The van der Waals surface area contributed by atoms with Gasteiger partial charge < -0.3 is 10.4 Å². The van der Waals surface area contributed by atoms with Crippen molar-refractivity contribution >= 4 is 22.9 Å². The zero-order chi connectivity index (χ0) is 18.7. The van der Waals surface area contributed by atoms with Gasteiger partial charge in [0, 0.05) is 29.7 Å². The lowest BCUT2D eigenvalue weighted by Crippen LogP contribution is -2.24. The van der Waals surface area contributed by atoms with E-state index in [4.69, 9.17) is 5.11 Å². The van der Waals surface area contributed by atoms with Crippen LogP contribution in [0.2, 0.25) is 0 Å². The van der Waals surface area contributed by atoms with Gasteiger partial charge in [-0.1, -0.05) is 13.0 Å². The van der Waals surface area contributed by atoms with E-state index in [1.54, 1.807) is 18.3 Å². The Bertz CT molecular complexity index is 978. The number of carbonyl (C=O) groups excluding carboxylic acids is 1. The second-order valence-electron chi connectivity index (χ2n) is 5.89. The molecule has 0 fully saturated rings. The van der Waals surface area contributed by atoms with E-state index in [0.29, 0.717) is 12.1 Å². The summed E-state index contributed by atoms with van der Waals surface area (Å²) in [5.41, 5.74) is 3.08. The van der Waals surface area contributed by atoms with Crippen molar-refractivity contribution < 1.29 is 14.7 Å². The fraction of sp³-hybridized carbons (Fsp3) is 0.263. The van der Waals surface area contributed by atoms with Crippen LogP contribution in [0.15, 0.2) is 36.5 Å². The fourth-order valence-electron chi connectivity index (χ4n) is 2.85. The van der Waals surface area contributed by atoms with E-state index in [-0.39, 0.29) is 11.5 Å². The molecule has 2 N–H and O–H groups in total. The molecule has 1 amide bonds. The molecule has 7 nitrogen and oxygen atoms in total. The Morgan fingerprint density at radius 1 is 1.19 bits per heavy atom. The van der Waals surface area contributed by atoms with Crippen molar-refractivity contribution in [1.82, 2.24) is 20.1 Å². The lowest BCUT2D eigenvalue weighted by molar-refractivity contribution is 0.0697. The van der Waals surface area contributed by atoms with Crippen LogP contribution in [-0.2, 0) is 19.5 Å². The number of pyridine rings is 1. The normalized spacial score (nSPS) is 10.8. The van der Waals surface area contributed by atoms with Gasteiger partial charge in [0.1, 0.15) is 0 Å². The van der Waals surface area contributed by atoms with Crippen molar-refractivity contribution in [3.63, 3.8) is 0 Å². The lowest BCUT2D eigenvalue weighted by atomic mass is 10.1. The summed E-state index contributed by atoms with van der Waals surface area (Å²) in [4.78, 5) is 28.1. The Hall–Kier alpha value is -3.22. The topological polar surface area (TPSA) is 97.1 Å². The number of aromatic nitrogens is 3. The standard InChI is InChI=1S/C19H20N4O3/c1-3-16-14(9-15-11-21-23(4-2)17(15)22-16)10-20-18(24)12-6-5-7-13(8-12)19(25)26/h5-9,11H,3-4,10H2,1-2H3,(H,20,24)(H,25,26). The van der Waals surface area contributed by atoms with Crippen molar-refractivity contribution in [2.45, 2.75) is 33.4 Å². The van der Waals surface area contributed by atoms with Gasteiger partial charge in [0.05, 0.1) is 11.8 Å². The first-order chi connectivity index (χ1) is 12.5. The predicted octanol–water partition coefficient (Wildman–Crippen LogP) is 2.64. The fourth-order valence-corrected chi connectivity index (χ4v) is 2.85. The second kappa shape index (κ2) is 7.35. The number of amides is 1. The number of carboxylic acid groups (broad SMARTS) is 1. The third kappa shape index (κ3) is 3.42. The minimum atomic E-state index is -1.06. The third-order valence-electron chi connectivity index (χ3n) is 4.23. The molecule has 1 aromatic carbocycles. The van der Waals surface area contributed by atoms with E-state index in [1.165, 1.54) is 12.1 Å². The van der Waals surface area contributed by atoms with E-state index in [9.17, 15) is 9.59 Å². The van der Waals surface area contributed by atoms with E-state index in [1.807, 2.05) is 24.6 Å². The van der Waals surface area contributed by atoms with Crippen LogP contribution in [0, 0.1) is 0 Å². The predicted molar refractivity (Wildman–Crippen MR) is 97.2 cm³/mol. The molecule has 0 bridgehead atoms. The van der Waals surface area contributed by atoms with Gasteiger partial charge in [-0.15, -0.1) is 0 Å². The molecular weight excluding hydrogens is 332 g/mol. The van der Waals surface area contributed by atoms with E-state index in [0.717, 1.165) is 35.3 Å². The zero-order valence-corrected chi connectivity index (χ0v) is 14.7. The van der Waals surface area contributed by atoms with Crippen LogP contribution < -0.4 is 5.32 Å². The SMILES string of the molecule is CCc1nc2c(cnn2CC)cc1CNC(=O)c1cccc(C(=O)O)c1. The summed E-state index contributed by atoms with van der Waals surface area (Å²) in [6, 6.07) is 7.97.